The molecule has 0 aromatic heterocycles. The van der Waals surface area contributed by atoms with Crippen LogP contribution in [-0.4, -0.2) is 54.0 Å². The molecule has 27 heavy (non-hydrogen) atoms. The molecule has 1 aliphatic rings. The lowest BCUT2D eigenvalue weighted by Gasteiger charge is -2.22. The number of carbonyl (C=O) groups is 4. The van der Waals surface area contributed by atoms with Gasteiger partial charge in [0.1, 0.15) is 17.8 Å². The summed E-state index contributed by atoms with van der Waals surface area (Å²) in [6, 6.07) is 5.65. The Labute approximate surface area is 157 Å². The smallest absolute Gasteiger partial charge is 0.325 e. The van der Waals surface area contributed by atoms with Crippen molar-refractivity contribution in [2.45, 2.75) is 38.8 Å². The van der Waals surface area contributed by atoms with E-state index in [0.717, 1.165) is 10.5 Å². The zero-order valence-electron chi connectivity index (χ0n) is 15.8. The molecule has 0 saturated carbocycles. The average molecular weight is 376 g/mol. The Kier molecular flexibility index (Phi) is 6.04. The van der Waals surface area contributed by atoms with Crippen molar-refractivity contribution in [3.8, 4) is 5.75 Å². The van der Waals surface area contributed by atoms with Crippen LogP contribution in [0.15, 0.2) is 24.3 Å². The molecule has 1 aliphatic heterocycles. The van der Waals surface area contributed by atoms with Crippen molar-refractivity contribution in [3.63, 3.8) is 0 Å². The lowest BCUT2D eigenvalue weighted by molar-refractivity contribution is -0.134. The molecule has 1 fully saturated rings. The molecule has 3 N–H and O–H groups in total. The number of benzene rings is 1. The summed E-state index contributed by atoms with van der Waals surface area (Å²) in [6.07, 6.45) is 0.202. The van der Waals surface area contributed by atoms with Gasteiger partial charge in [-0.25, -0.2) is 9.59 Å². The van der Waals surface area contributed by atoms with Gasteiger partial charge in [-0.05, 0) is 32.4 Å². The maximum atomic E-state index is 12.8. The van der Waals surface area contributed by atoms with Gasteiger partial charge in [0.2, 0.25) is 5.91 Å². The molecule has 0 unspecified atom stereocenters. The van der Waals surface area contributed by atoms with Gasteiger partial charge in [0.05, 0.1) is 7.11 Å². The summed E-state index contributed by atoms with van der Waals surface area (Å²) in [5.41, 5.74) is -0.467. The van der Waals surface area contributed by atoms with Crippen molar-refractivity contribution in [3.05, 3.63) is 29.8 Å². The summed E-state index contributed by atoms with van der Waals surface area (Å²) in [5, 5.41) is 7.21. The third-order valence-corrected chi connectivity index (χ3v) is 4.06. The predicted molar refractivity (Wildman–Crippen MR) is 97.2 cm³/mol. The Hall–Kier alpha value is -3.10. The second-order valence-electron chi connectivity index (χ2n) is 6.82. The molecular weight excluding hydrogens is 352 g/mol. The minimum absolute atomic E-state index is 0.154. The summed E-state index contributed by atoms with van der Waals surface area (Å²) in [4.78, 5) is 49.4. The molecule has 9 nitrogen and oxygen atoms in total. The normalized spacial score (nSPS) is 19.1. The van der Waals surface area contributed by atoms with E-state index >= 15 is 0 Å². The van der Waals surface area contributed by atoms with Crippen LogP contribution in [-0.2, 0) is 16.0 Å². The van der Waals surface area contributed by atoms with E-state index in [0.29, 0.717) is 5.75 Å². The van der Waals surface area contributed by atoms with E-state index in [1.54, 1.807) is 45.0 Å². The summed E-state index contributed by atoms with van der Waals surface area (Å²) in [7, 11) is 1.52. The van der Waals surface area contributed by atoms with Crippen molar-refractivity contribution in [2.24, 2.45) is 0 Å². The van der Waals surface area contributed by atoms with E-state index in [1.807, 2.05) is 0 Å². The second kappa shape index (κ2) is 8.07. The van der Waals surface area contributed by atoms with E-state index in [1.165, 1.54) is 7.11 Å². The number of carbonyl (C=O) groups excluding carboxylic acids is 4. The second-order valence-corrected chi connectivity index (χ2v) is 6.82. The first-order valence-electron chi connectivity index (χ1n) is 8.52. The lowest BCUT2D eigenvalue weighted by atomic mass is 9.92. The van der Waals surface area contributed by atoms with Crippen LogP contribution in [0.25, 0.3) is 0 Å². The summed E-state index contributed by atoms with van der Waals surface area (Å²) >= 11 is 0. The van der Waals surface area contributed by atoms with Gasteiger partial charge in [-0.2, -0.15) is 0 Å². The topological polar surface area (TPSA) is 117 Å². The molecule has 0 aliphatic carbocycles. The van der Waals surface area contributed by atoms with Crippen LogP contribution in [0.4, 0.5) is 9.59 Å². The highest BCUT2D eigenvalue weighted by atomic mass is 16.5. The zero-order chi connectivity index (χ0) is 20.2. The van der Waals surface area contributed by atoms with Gasteiger partial charge in [-0.1, -0.05) is 18.2 Å². The van der Waals surface area contributed by atoms with Crippen molar-refractivity contribution in [1.82, 2.24) is 20.9 Å². The highest BCUT2D eigenvalue weighted by Gasteiger charge is 2.48. The molecule has 2 rings (SSSR count). The van der Waals surface area contributed by atoms with Gasteiger partial charge in [0.15, 0.2) is 0 Å². The molecule has 9 heteroatoms. The zero-order valence-corrected chi connectivity index (χ0v) is 15.8. The van der Waals surface area contributed by atoms with Crippen LogP contribution in [0.5, 0.6) is 5.75 Å². The van der Waals surface area contributed by atoms with Gasteiger partial charge < -0.3 is 15.4 Å². The molecule has 1 heterocycles. The largest absolute Gasteiger partial charge is 0.496 e. The van der Waals surface area contributed by atoms with Gasteiger partial charge in [-0.15, -0.1) is 0 Å². The minimum atomic E-state index is -1.22. The molecule has 0 bridgehead atoms. The number of nitrogens with one attached hydrogen (secondary N) is 3. The first-order chi connectivity index (χ1) is 12.7. The molecule has 1 saturated heterocycles. The number of ether oxygens (including phenoxy) is 1. The minimum Gasteiger partial charge on any atom is -0.496 e. The van der Waals surface area contributed by atoms with Crippen molar-refractivity contribution >= 4 is 23.9 Å². The fourth-order valence-corrected chi connectivity index (χ4v) is 2.85. The van der Waals surface area contributed by atoms with Crippen molar-refractivity contribution in [2.75, 3.05) is 13.7 Å². The predicted octanol–water partition coefficient (Wildman–Crippen LogP) is 0.782. The maximum Gasteiger partial charge on any atom is 0.325 e. The summed E-state index contributed by atoms with van der Waals surface area (Å²) < 4.78 is 5.28. The first kappa shape index (κ1) is 20.2. The number of para-hydroxylation sites is 1. The molecule has 6 amide bonds. The third kappa shape index (κ3) is 4.75. The first-order valence-corrected chi connectivity index (χ1v) is 8.52. The van der Waals surface area contributed by atoms with Gasteiger partial charge in [0.25, 0.3) is 5.91 Å². The number of urea groups is 2. The van der Waals surface area contributed by atoms with Crippen molar-refractivity contribution < 1.29 is 23.9 Å². The number of methoxy groups -OCH3 is 1. The monoisotopic (exact) mass is 376 g/mol. The summed E-state index contributed by atoms with van der Waals surface area (Å²) in [5.74, 6) is -0.696. The van der Waals surface area contributed by atoms with Crippen LogP contribution in [0.2, 0.25) is 0 Å². The highest BCUT2D eigenvalue weighted by Crippen LogP contribution is 2.27. The standard InChI is InChI=1S/C18H24N4O5/c1-11(2)19-16(25)20-14(23)10-22-15(24)18(3,21-17(22)26)9-12-7-5-6-8-13(12)27-4/h5-8,11H,9-10H2,1-4H3,(H,21,26)(H2,19,20,23,25)/t18-/m1/s1. The van der Waals surface area contributed by atoms with Gasteiger partial charge in [0, 0.05) is 12.5 Å². The van der Waals surface area contributed by atoms with Gasteiger partial charge >= 0.3 is 12.1 Å². The van der Waals surface area contributed by atoms with E-state index in [9.17, 15) is 19.2 Å². The van der Waals surface area contributed by atoms with Gasteiger partial charge in [-0.3, -0.25) is 19.8 Å². The lowest BCUT2D eigenvalue weighted by Crippen LogP contribution is -2.49. The number of imide groups is 2. The van der Waals surface area contributed by atoms with Crippen LogP contribution in [0, 0.1) is 0 Å². The highest BCUT2D eigenvalue weighted by molar-refractivity contribution is 6.09. The fourth-order valence-electron chi connectivity index (χ4n) is 2.85. The molecule has 1 atom stereocenters. The molecule has 1 aromatic carbocycles. The Morgan fingerprint density at radius 1 is 1.26 bits per heavy atom. The Balaban J connectivity index is 2.07. The van der Waals surface area contributed by atoms with Crippen LogP contribution < -0.4 is 20.7 Å². The molecule has 0 radical (unpaired) electrons. The van der Waals surface area contributed by atoms with E-state index in [-0.39, 0.29) is 12.5 Å². The number of rotatable bonds is 6. The number of nitrogens with zero attached hydrogens (tertiary/aromatic N) is 1. The molecule has 1 aromatic rings. The molecule has 146 valence electrons. The van der Waals surface area contributed by atoms with E-state index in [2.05, 4.69) is 16.0 Å². The number of hydrogen-bond acceptors (Lipinski definition) is 5. The van der Waals surface area contributed by atoms with E-state index in [4.69, 9.17) is 4.74 Å². The summed E-state index contributed by atoms with van der Waals surface area (Å²) in [6.45, 7) is 4.52. The fraction of sp³-hybridized carbons (Fsp3) is 0.444. The SMILES string of the molecule is COc1ccccc1C[C@@]1(C)NC(=O)N(CC(=O)NC(=O)NC(C)C)C1=O. The average Bonchev–Trinajstić information content (AvgIpc) is 2.77. The van der Waals surface area contributed by atoms with E-state index < -0.39 is 36.0 Å². The third-order valence-electron chi connectivity index (χ3n) is 4.06. The number of hydrogen-bond donors (Lipinski definition) is 3. The Morgan fingerprint density at radius 3 is 2.56 bits per heavy atom. The Morgan fingerprint density at radius 2 is 1.93 bits per heavy atom. The van der Waals surface area contributed by atoms with Crippen LogP contribution in [0.1, 0.15) is 26.3 Å². The molecule has 0 spiro atoms. The molecular formula is C18H24N4O5. The van der Waals surface area contributed by atoms with Crippen molar-refractivity contribution in [1.29, 1.82) is 0 Å². The Bertz CT molecular complexity index is 764. The maximum absolute atomic E-state index is 12.8. The van der Waals surface area contributed by atoms with Crippen LogP contribution in [0.3, 0.4) is 0 Å². The number of amides is 6. The quantitative estimate of drug-likeness (QED) is 0.635. The van der Waals surface area contributed by atoms with Crippen LogP contribution >= 0.6 is 0 Å².